The summed E-state index contributed by atoms with van der Waals surface area (Å²) in [5.74, 6) is -1.31. The van der Waals surface area contributed by atoms with Gasteiger partial charge >= 0.3 is 11.9 Å². The van der Waals surface area contributed by atoms with E-state index in [1.54, 1.807) is 0 Å². The van der Waals surface area contributed by atoms with Gasteiger partial charge in [0.25, 0.3) is 0 Å². The molecule has 0 aliphatic heterocycles. The van der Waals surface area contributed by atoms with E-state index >= 15 is 0 Å². The van der Waals surface area contributed by atoms with Crippen molar-refractivity contribution in [3.8, 4) is 0 Å². The van der Waals surface area contributed by atoms with Gasteiger partial charge in [-0.25, -0.2) is 9.59 Å². The minimum absolute atomic E-state index is 0.330. The molecule has 0 aromatic heterocycles. The van der Waals surface area contributed by atoms with Crippen LogP contribution in [0.2, 0.25) is 0 Å². The second kappa shape index (κ2) is 16.4. The van der Waals surface area contributed by atoms with E-state index in [4.69, 9.17) is 5.11 Å². The Kier molecular flexibility index (Phi) is 16.2. The van der Waals surface area contributed by atoms with Gasteiger partial charge in [0.1, 0.15) is 0 Å². The first-order valence-corrected chi connectivity index (χ1v) is 6.83. The molecule has 4 heteroatoms. The average Bonchev–Trinajstić information content (AvgIpc) is 2.56. The third kappa shape index (κ3) is 17.4. The number of esters is 1. The van der Waals surface area contributed by atoms with E-state index in [1.165, 1.54) is 11.6 Å². The minimum atomic E-state index is -0.981. The zero-order valence-electron chi connectivity index (χ0n) is 13.0. The van der Waals surface area contributed by atoms with Crippen molar-refractivity contribution in [2.45, 2.75) is 19.8 Å². The Bertz CT molecular complexity index is 449. The Morgan fingerprint density at radius 2 is 1.68 bits per heavy atom. The first-order chi connectivity index (χ1) is 10.5. The molecular formula is C18H24O4. The lowest BCUT2D eigenvalue weighted by Gasteiger charge is -1.97. The fourth-order valence-electron chi connectivity index (χ4n) is 0.965. The second-order valence-electron chi connectivity index (χ2n) is 3.88. The largest absolute Gasteiger partial charge is 0.478 e. The molecule has 0 amide bonds. The van der Waals surface area contributed by atoms with Gasteiger partial charge in [0.2, 0.25) is 0 Å². The second-order valence-corrected chi connectivity index (χ2v) is 3.88. The molecule has 0 saturated carbocycles. The predicted octanol–water partition coefficient (Wildman–Crippen LogP) is 4.10. The molecule has 4 nitrogen and oxygen atoms in total. The number of benzene rings is 1. The maximum Gasteiger partial charge on any atom is 0.330 e. The summed E-state index contributed by atoms with van der Waals surface area (Å²) in [5, 5.41) is 7.60. The standard InChI is InChI=1S/C8H8.C7H12O2.C3H4O2/c1-2-8-6-4-3-5-7-8;1-3-5-6-9-7(8)4-2;1-2-3(4)5/h2-7H,1H2;4H,2-3,5-6H2,1H3;2H,1H2,(H,4,5). The van der Waals surface area contributed by atoms with Crippen LogP contribution >= 0.6 is 0 Å². The van der Waals surface area contributed by atoms with Crippen LogP contribution in [0.1, 0.15) is 25.3 Å². The first kappa shape index (κ1) is 21.7. The fourth-order valence-corrected chi connectivity index (χ4v) is 0.965. The van der Waals surface area contributed by atoms with Crippen LogP contribution in [-0.4, -0.2) is 23.7 Å². The first-order valence-electron chi connectivity index (χ1n) is 6.83. The Balaban J connectivity index is 0. The number of carboxylic acids is 1. The molecule has 0 aliphatic carbocycles. The zero-order chi connectivity index (χ0) is 17.2. The molecule has 0 bridgehead atoms. The number of carbonyl (C=O) groups is 2. The summed E-state index contributed by atoms with van der Waals surface area (Å²) in [7, 11) is 0. The number of carbonyl (C=O) groups excluding carboxylic acids is 1. The van der Waals surface area contributed by atoms with Crippen LogP contribution in [0.5, 0.6) is 0 Å². The topological polar surface area (TPSA) is 63.6 Å². The molecule has 0 atom stereocenters. The Hall–Kier alpha value is -2.62. The van der Waals surface area contributed by atoms with Crippen molar-refractivity contribution >= 4 is 18.0 Å². The van der Waals surface area contributed by atoms with Gasteiger partial charge in [-0.05, 0) is 12.0 Å². The van der Waals surface area contributed by atoms with Crippen molar-refractivity contribution in [2.24, 2.45) is 0 Å². The third-order valence-corrected chi connectivity index (χ3v) is 2.12. The molecule has 0 unspecified atom stereocenters. The van der Waals surface area contributed by atoms with E-state index in [-0.39, 0.29) is 5.97 Å². The molecule has 1 rings (SSSR count). The number of carboxylic acid groups (broad SMARTS) is 1. The van der Waals surface area contributed by atoms with E-state index in [2.05, 4.69) is 24.5 Å². The van der Waals surface area contributed by atoms with Gasteiger partial charge in [0.15, 0.2) is 0 Å². The van der Waals surface area contributed by atoms with E-state index in [1.807, 2.05) is 43.3 Å². The van der Waals surface area contributed by atoms with Crippen molar-refractivity contribution in [2.75, 3.05) is 6.61 Å². The Morgan fingerprint density at radius 1 is 1.14 bits per heavy atom. The maximum absolute atomic E-state index is 10.3. The van der Waals surface area contributed by atoms with Gasteiger partial charge in [0, 0.05) is 12.2 Å². The highest BCUT2D eigenvalue weighted by molar-refractivity contribution is 5.81. The summed E-state index contributed by atoms with van der Waals surface area (Å²) in [6, 6.07) is 10.0. The van der Waals surface area contributed by atoms with Crippen molar-refractivity contribution < 1.29 is 19.4 Å². The lowest BCUT2D eigenvalue weighted by atomic mass is 10.2. The average molecular weight is 304 g/mol. The monoisotopic (exact) mass is 304 g/mol. The Morgan fingerprint density at radius 3 is 2.00 bits per heavy atom. The van der Waals surface area contributed by atoms with Crippen molar-refractivity contribution in [3.05, 3.63) is 67.8 Å². The minimum Gasteiger partial charge on any atom is -0.478 e. The highest BCUT2D eigenvalue weighted by atomic mass is 16.5. The summed E-state index contributed by atoms with van der Waals surface area (Å²) in [6.45, 7) is 12.4. The molecule has 0 saturated heterocycles. The quantitative estimate of drug-likeness (QED) is 0.488. The van der Waals surface area contributed by atoms with Crippen LogP contribution in [0.15, 0.2) is 62.2 Å². The van der Waals surface area contributed by atoms with Crippen LogP contribution in [-0.2, 0) is 14.3 Å². The zero-order valence-corrected chi connectivity index (χ0v) is 13.0. The van der Waals surface area contributed by atoms with Crippen molar-refractivity contribution in [1.82, 2.24) is 0 Å². The number of ether oxygens (including phenoxy) is 1. The van der Waals surface area contributed by atoms with Gasteiger partial charge < -0.3 is 9.84 Å². The van der Waals surface area contributed by atoms with Crippen LogP contribution in [0.4, 0.5) is 0 Å². The Labute approximate surface area is 132 Å². The van der Waals surface area contributed by atoms with E-state index in [9.17, 15) is 9.59 Å². The molecule has 0 spiro atoms. The van der Waals surface area contributed by atoms with E-state index in [0.29, 0.717) is 6.61 Å². The normalized spacial score (nSPS) is 8.05. The van der Waals surface area contributed by atoms with Crippen molar-refractivity contribution in [1.29, 1.82) is 0 Å². The summed E-state index contributed by atoms with van der Waals surface area (Å²) in [6.07, 6.45) is 5.82. The molecule has 1 N–H and O–H groups in total. The summed E-state index contributed by atoms with van der Waals surface area (Å²) in [4.78, 5) is 19.6. The highest BCUT2D eigenvalue weighted by Gasteiger charge is 1.91. The SMILES string of the molecule is C=CC(=O)O.C=CC(=O)OCCCC.C=Cc1ccccc1. The fraction of sp³-hybridized carbons (Fsp3) is 0.222. The number of unbranched alkanes of at least 4 members (excludes halogenated alkanes) is 1. The molecule has 0 fully saturated rings. The summed E-state index contributed by atoms with van der Waals surface area (Å²) in [5.41, 5.74) is 1.17. The number of hydrogen-bond donors (Lipinski definition) is 1. The van der Waals surface area contributed by atoms with Crippen molar-refractivity contribution in [3.63, 3.8) is 0 Å². The molecule has 0 radical (unpaired) electrons. The lowest BCUT2D eigenvalue weighted by Crippen LogP contribution is -2.00. The maximum atomic E-state index is 10.3. The number of aliphatic carboxylic acids is 1. The highest BCUT2D eigenvalue weighted by Crippen LogP contribution is 1.97. The molecular weight excluding hydrogens is 280 g/mol. The lowest BCUT2D eigenvalue weighted by molar-refractivity contribution is -0.137. The molecule has 22 heavy (non-hydrogen) atoms. The van der Waals surface area contributed by atoms with Gasteiger partial charge in [-0.15, -0.1) is 0 Å². The summed E-state index contributed by atoms with van der Waals surface area (Å²) < 4.78 is 4.67. The smallest absolute Gasteiger partial charge is 0.330 e. The predicted molar refractivity (Wildman–Crippen MR) is 90.4 cm³/mol. The molecule has 1 aromatic carbocycles. The van der Waals surface area contributed by atoms with Crippen LogP contribution in [0, 0.1) is 0 Å². The van der Waals surface area contributed by atoms with Crippen LogP contribution < -0.4 is 0 Å². The summed E-state index contributed by atoms with van der Waals surface area (Å²) >= 11 is 0. The molecule has 1 aromatic rings. The molecule has 120 valence electrons. The van der Waals surface area contributed by atoms with Crippen LogP contribution in [0.25, 0.3) is 6.08 Å². The van der Waals surface area contributed by atoms with Gasteiger partial charge in [0.05, 0.1) is 6.61 Å². The molecule has 0 aliphatic rings. The van der Waals surface area contributed by atoms with E-state index < -0.39 is 5.97 Å². The molecule has 0 heterocycles. The van der Waals surface area contributed by atoms with Gasteiger partial charge in [-0.1, -0.05) is 69.5 Å². The van der Waals surface area contributed by atoms with E-state index in [0.717, 1.165) is 18.9 Å². The number of rotatable bonds is 6. The number of hydrogen-bond acceptors (Lipinski definition) is 3. The van der Waals surface area contributed by atoms with Gasteiger partial charge in [-0.3, -0.25) is 0 Å². The van der Waals surface area contributed by atoms with Crippen LogP contribution in [0.3, 0.4) is 0 Å². The third-order valence-electron chi connectivity index (χ3n) is 2.12. The van der Waals surface area contributed by atoms with Gasteiger partial charge in [-0.2, -0.15) is 0 Å².